The first-order chi connectivity index (χ1) is 3.93. The molecule has 0 nitrogen and oxygen atoms in total. The fourth-order valence-corrected chi connectivity index (χ4v) is 1.68. The first kappa shape index (κ1) is 6.17. The molecule has 0 aromatic carbocycles. The Morgan fingerprint density at radius 3 is 3.12 bits per heavy atom. The number of thioether (sulfide) groups is 1. The van der Waals surface area contributed by atoms with E-state index < -0.39 is 0 Å². The summed E-state index contributed by atoms with van der Waals surface area (Å²) in [7, 11) is 0. The Morgan fingerprint density at radius 2 is 2.62 bits per heavy atom. The minimum atomic E-state index is 1.05. The monoisotopic (exact) mass is 143 g/mol. The summed E-state index contributed by atoms with van der Waals surface area (Å²) < 4.78 is 0. The summed E-state index contributed by atoms with van der Waals surface area (Å²) in [6, 6.07) is 2.13. The van der Waals surface area contributed by atoms with Crippen molar-refractivity contribution in [3.8, 4) is 0 Å². The van der Waals surface area contributed by atoms with Crippen LogP contribution in [0.3, 0.4) is 0 Å². The highest BCUT2D eigenvalue weighted by Crippen LogP contribution is 2.12. The highest BCUT2D eigenvalue weighted by atomic mass is 32.2. The van der Waals surface area contributed by atoms with Gasteiger partial charge in [0, 0.05) is 12.0 Å². The molecule has 1 radical (unpaired) electrons. The number of hydrogen-bond acceptors (Lipinski definition) is 2. The van der Waals surface area contributed by atoms with E-state index in [0.29, 0.717) is 0 Å². The Balaban J connectivity index is 2.50. The molecule has 0 amide bonds. The molecule has 0 saturated heterocycles. The maximum Gasteiger partial charge on any atom is 0.0193 e. The van der Waals surface area contributed by atoms with E-state index in [-0.39, 0.29) is 0 Å². The maximum atomic E-state index is 3.68. The van der Waals surface area contributed by atoms with Gasteiger partial charge in [0.05, 0.1) is 0 Å². The SMILES string of the molecule is [CH2]SCc1ccsc1. The zero-order valence-electron chi connectivity index (χ0n) is 4.46. The highest BCUT2D eigenvalue weighted by Gasteiger charge is 1.87. The molecule has 0 atom stereocenters. The summed E-state index contributed by atoms with van der Waals surface area (Å²) in [4.78, 5) is 0. The third kappa shape index (κ3) is 1.53. The second kappa shape index (κ2) is 3.15. The second-order valence-corrected chi connectivity index (χ2v) is 2.96. The molecule has 1 rings (SSSR count). The lowest BCUT2D eigenvalue weighted by molar-refractivity contribution is 1.49. The van der Waals surface area contributed by atoms with Gasteiger partial charge in [0.2, 0.25) is 0 Å². The molecule has 0 saturated carbocycles. The molecule has 8 heavy (non-hydrogen) atoms. The predicted octanol–water partition coefficient (Wildman–Crippen LogP) is 2.77. The van der Waals surface area contributed by atoms with Gasteiger partial charge in [-0.05, 0) is 22.4 Å². The number of thiophene rings is 1. The highest BCUT2D eigenvalue weighted by molar-refractivity contribution is 7.99. The molecule has 2 heteroatoms. The van der Waals surface area contributed by atoms with Crippen LogP contribution in [0.5, 0.6) is 0 Å². The van der Waals surface area contributed by atoms with Crippen molar-refractivity contribution >= 4 is 23.1 Å². The average Bonchev–Trinajstić information content (AvgIpc) is 2.19. The zero-order valence-corrected chi connectivity index (χ0v) is 6.10. The Labute approximate surface area is 57.9 Å². The van der Waals surface area contributed by atoms with E-state index in [1.807, 2.05) is 0 Å². The van der Waals surface area contributed by atoms with E-state index >= 15 is 0 Å². The first-order valence-electron chi connectivity index (χ1n) is 2.31. The van der Waals surface area contributed by atoms with Gasteiger partial charge < -0.3 is 0 Å². The summed E-state index contributed by atoms with van der Waals surface area (Å²) in [5.74, 6) is 1.05. The third-order valence-electron chi connectivity index (χ3n) is 0.849. The standard InChI is InChI=1S/C6H7S2/c1-7-4-6-2-3-8-5-6/h2-3,5H,1,4H2. The molecular weight excluding hydrogens is 136 g/mol. The van der Waals surface area contributed by atoms with Crippen LogP contribution in [0.2, 0.25) is 0 Å². The van der Waals surface area contributed by atoms with Gasteiger partial charge in [0.25, 0.3) is 0 Å². The summed E-state index contributed by atoms with van der Waals surface area (Å²) in [6.45, 7) is 0. The van der Waals surface area contributed by atoms with Gasteiger partial charge >= 0.3 is 0 Å². The van der Waals surface area contributed by atoms with Crippen molar-refractivity contribution < 1.29 is 0 Å². The van der Waals surface area contributed by atoms with E-state index in [2.05, 4.69) is 23.1 Å². The van der Waals surface area contributed by atoms with Crippen LogP contribution in [-0.2, 0) is 5.75 Å². The minimum Gasteiger partial charge on any atom is -0.156 e. The zero-order chi connectivity index (χ0) is 5.82. The molecule has 0 aliphatic carbocycles. The van der Waals surface area contributed by atoms with Gasteiger partial charge in [-0.3, -0.25) is 0 Å². The lowest BCUT2D eigenvalue weighted by Crippen LogP contribution is -1.66. The van der Waals surface area contributed by atoms with Gasteiger partial charge in [-0.15, -0.1) is 0 Å². The molecule has 0 aliphatic rings. The van der Waals surface area contributed by atoms with Crippen LogP contribution in [0, 0.1) is 6.26 Å². The predicted molar refractivity (Wildman–Crippen MR) is 41.0 cm³/mol. The fourth-order valence-electron chi connectivity index (χ4n) is 0.493. The molecule has 1 aromatic heterocycles. The first-order valence-corrected chi connectivity index (χ1v) is 4.41. The summed E-state index contributed by atoms with van der Waals surface area (Å²) in [5.41, 5.74) is 1.38. The van der Waals surface area contributed by atoms with Crippen LogP contribution in [0.25, 0.3) is 0 Å². The van der Waals surface area contributed by atoms with E-state index in [0.717, 1.165) is 5.75 Å². The van der Waals surface area contributed by atoms with Crippen LogP contribution in [-0.4, -0.2) is 0 Å². The molecule has 0 spiro atoms. The third-order valence-corrected chi connectivity index (χ3v) is 2.12. The van der Waals surface area contributed by atoms with Gasteiger partial charge in [0.15, 0.2) is 0 Å². The smallest absolute Gasteiger partial charge is 0.0193 e. The molecule has 0 aliphatic heterocycles. The van der Waals surface area contributed by atoms with Gasteiger partial charge in [-0.25, -0.2) is 0 Å². The normalized spacial score (nSPS) is 9.62. The Bertz CT molecular complexity index is 132. The van der Waals surface area contributed by atoms with Crippen molar-refractivity contribution in [3.63, 3.8) is 0 Å². The van der Waals surface area contributed by atoms with Crippen LogP contribution < -0.4 is 0 Å². The molecule has 0 bridgehead atoms. The van der Waals surface area contributed by atoms with Crippen molar-refractivity contribution in [1.82, 2.24) is 0 Å². The van der Waals surface area contributed by atoms with Crippen molar-refractivity contribution in [2.75, 3.05) is 0 Å². The van der Waals surface area contributed by atoms with Crippen molar-refractivity contribution in [3.05, 3.63) is 28.6 Å². The van der Waals surface area contributed by atoms with Crippen molar-refractivity contribution in [2.45, 2.75) is 5.75 Å². The summed E-state index contributed by atoms with van der Waals surface area (Å²) in [5, 5.41) is 4.24. The van der Waals surface area contributed by atoms with Crippen LogP contribution in [0.4, 0.5) is 0 Å². The maximum absolute atomic E-state index is 3.68. The lowest BCUT2D eigenvalue weighted by Gasteiger charge is -1.86. The van der Waals surface area contributed by atoms with E-state index in [4.69, 9.17) is 0 Å². The number of hydrogen-bond donors (Lipinski definition) is 0. The fraction of sp³-hybridized carbons (Fsp3) is 0.167. The Kier molecular flexibility index (Phi) is 2.43. The van der Waals surface area contributed by atoms with Crippen LogP contribution >= 0.6 is 23.1 Å². The largest absolute Gasteiger partial charge is 0.156 e. The lowest BCUT2D eigenvalue weighted by atomic mass is 10.4. The van der Waals surface area contributed by atoms with Gasteiger partial charge in [-0.2, -0.15) is 23.1 Å². The Morgan fingerprint density at radius 1 is 1.75 bits per heavy atom. The average molecular weight is 143 g/mol. The van der Waals surface area contributed by atoms with Crippen molar-refractivity contribution in [1.29, 1.82) is 0 Å². The van der Waals surface area contributed by atoms with E-state index in [1.54, 1.807) is 23.1 Å². The molecule has 1 aromatic rings. The van der Waals surface area contributed by atoms with E-state index in [9.17, 15) is 0 Å². The minimum absolute atomic E-state index is 1.05. The molecular formula is C6H7S2. The molecule has 0 unspecified atom stereocenters. The second-order valence-electron chi connectivity index (χ2n) is 1.48. The summed E-state index contributed by atoms with van der Waals surface area (Å²) >= 11 is 3.35. The van der Waals surface area contributed by atoms with Crippen LogP contribution in [0.15, 0.2) is 16.8 Å². The molecule has 43 valence electrons. The molecule has 1 heterocycles. The van der Waals surface area contributed by atoms with E-state index in [1.165, 1.54) is 5.56 Å². The van der Waals surface area contributed by atoms with Crippen molar-refractivity contribution in [2.24, 2.45) is 0 Å². The topological polar surface area (TPSA) is 0 Å². The summed E-state index contributed by atoms with van der Waals surface area (Å²) in [6.07, 6.45) is 3.68. The molecule has 0 N–H and O–H groups in total. The van der Waals surface area contributed by atoms with Gasteiger partial charge in [-0.1, -0.05) is 0 Å². The quantitative estimate of drug-likeness (QED) is 0.613. The number of rotatable bonds is 2. The Hall–Kier alpha value is 0.0500. The molecule has 0 fully saturated rings. The van der Waals surface area contributed by atoms with Crippen LogP contribution in [0.1, 0.15) is 5.56 Å². The van der Waals surface area contributed by atoms with Gasteiger partial charge in [0.1, 0.15) is 0 Å².